The second-order valence-corrected chi connectivity index (χ2v) is 8.33. The Morgan fingerprint density at radius 3 is 2.57 bits per heavy atom. The van der Waals surface area contributed by atoms with Gasteiger partial charge in [-0.15, -0.1) is 0 Å². The molecule has 4 nitrogen and oxygen atoms in total. The normalized spacial score (nSPS) is 18.0. The van der Waals surface area contributed by atoms with E-state index in [9.17, 15) is 4.79 Å². The fourth-order valence-electron chi connectivity index (χ4n) is 4.42. The van der Waals surface area contributed by atoms with Crippen molar-refractivity contribution in [2.45, 2.75) is 31.7 Å². The van der Waals surface area contributed by atoms with Crippen molar-refractivity contribution >= 4 is 23.2 Å². The second kappa shape index (κ2) is 8.54. The smallest absolute Gasteiger partial charge is 0.251 e. The summed E-state index contributed by atoms with van der Waals surface area (Å²) in [6, 6.07) is 14.2. The molecule has 0 spiro atoms. The van der Waals surface area contributed by atoms with Crippen molar-refractivity contribution < 1.29 is 4.79 Å². The molecule has 0 aromatic heterocycles. The highest BCUT2D eigenvalue weighted by Gasteiger charge is 2.25. The van der Waals surface area contributed by atoms with Crippen LogP contribution in [0.15, 0.2) is 42.5 Å². The molecule has 1 unspecified atom stereocenters. The van der Waals surface area contributed by atoms with E-state index in [1.807, 2.05) is 0 Å². The zero-order chi connectivity index (χ0) is 19.5. The molecule has 2 aliphatic rings. The number of aryl methyl sites for hydroxylation is 1. The first-order chi connectivity index (χ1) is 13.6. The minimum absolute atomic E-state index is 0.0430. The minimum atomic E-state index is -0.0430. The number of hydrogen-bond acceptors (Lipinski definition) is 3. The first-order valence-electron chi connectivity index (χ1n) is 10.2. The van der Waals surface area contributed by atoms with Gasteiger partial charge >= 0.3 is 0 Å². The SMILES string of the molecule is CN1CCCc2cc(C(CNC(=O)c3ccc(Cl)cc3)N3CCCC3)ccc21. The molecule has 2 aromatic rings. The number of anilines is 1. The van der Waals surface area contributed by atoms with E-state index in [2.05, 4.69) is 40.4 Å². The Morgan fingerprint density at radius 2 is 1.82 bits per heavy atom. The minimum Gasteiger partial charge on any atom is -0.374 e. The molecule has 0 bridgehead atoms. The summed E-state index contributed by atoms with van der Waals surface area (Å²) in [4.78, 5) is 17.5. The van der Waals surface area contributed by atoms with E-state index in [1.54, 1.807) is 24.3 Å². The molecule has 2 heterocycles. The molecule has 148 valence electrons. The number of benzene rings is 2. The van der Waals surface area contributed by atoms with Crippen LogP contribution in [-0.4, -0.2) is 44.0 Å². The summed E-state index contributed by atoms with van der Waals surface area (Å²) < 4.78 is 0. The molecule has 0 aliphatic carbocycles. The fraction of sp³-hybridized carbons (Fsp3) is 0.435. The Bertz CT molecular complexity index is 830. The highest BCUT2D eigenvalue weighted by atomic mass is 35.5. The average molecular weight is 398 g/mol. The number of hydrogen-bond donors (Lipinski definition) is 1. The zero-order valence-corrected chi connectivity index (χ0v) is 17.2. The summed E-state index contributed by atoms with van der Waals surface area (Å²) in [5, 5.41) is 3.79. The number of nitrogens with zero attached hydrogens (tertiary/aromatic N) is 2. The van der Waals surface area contributed by atoms with Crippen LogP contribution in [0, 0.1) is 0 Å². The van der Waals surface area contributed by atoms with E-state index in [0.29, 0.717) is 17.1 Å². The monoisotopic (exact) mass is 397 g/mol. The number of likely N-dealkylation sites (tertiary alicyclic amines) is 1. The zero-order valence-electron chi connectivity index (χ0n) is 16.5. The molecule has 2 aromatic carbocycles. The largest absolute Gasteiger partial charge is 0.374 e. The maximum Gasteiger partial charge on any atom is 0.251 e. The van der Waals surface area contributed by atoms with Gasteiger partial charge in [0.15, 0.2) is 0 Å². The van der Waals surface area contributed by atoms with Gasteiger partial charge in [-0.3, -0.25) is 9.69 Å². The third kappa shape index (κ3) is 4.18. The van der Waals surface area contributed by atoms with Crippen molar-refractivity contribution in [3.8, 4) is 0 Å². The summed E-state index contributed by atoms with van der Waals surface area (Å²) in [7, 11) is 2.17. The van der Waals surface area contributed by atoms with Gasteiger partial charge in [0.25, 0.3) is 5.91 Å². The summed E-state index contributed by atoms with van der Waals surface area (Å²) >= 11 is 5.94. The molecule has 0 saturated carbocycles. The van der Waals surface area contributed by atoms with Gasteiger partial charge in [-0.2, -0.15) is 0 Å². The van der Waals surface area contributed by atoms with Gasteiger partial charge in [0.05, 0.1) is 6.04 Å². The van der Waals surface area contributed by atoms with Gasteiger partial charge in [0.1, 0.15) is 0 Å². The lowest BCUT2D eigenvalue weighted by atomic mass is 9.96. The topological polar surface area (TPSA) is 35.6 Å². The van der Waals surface area contributed by atoms with Crippen LogP contribution >= 0.6 is 11.6 Å². The van der Waals surface area contributed by atoms with E-state index >= 15 is 0 Å². The number of nitrogens with one attached hydrogen (secondary N) is 1. The number of halogens is 1. The van der Waals surface area contributed by atoms with Crippen molar-refractivity contribution in [1.82, 2.24) is 10.2 Å². The Kier molecular flexibility index (Phi) is 5.88. The van der Waals surface area contributed by atoms with Gasteiger partial charge in [0, 0.05) is 36.4 Å². The lowest BCUT2D eigenvalue weighted by molar-refractivity contribution is 0.0938. The molecule has 1 N–H and O–H groups in total. The quantitative estimate of drug-likeness (QED) is 0.817. The van der Waals surface area contributed by atoms with E-state index in [-0.39, 0.29) is 11.9 Å². The third-order valence-electron chi connectivity index (χ3n) is 5.98. The van der Waals surface area contributed by atoms with Crippen LogP contribution in [0.3, 0.4) is 0 Å². The van der Waals surface area contributed by atoms with E-state index in [1.165, 1.54) is 36.1 Å². The van der Waals surface area contributed by atoms with Crippen molar-refractivity contribution in [1.29, 1.82) is 0 Å². The highest BCUT2D eigenvalue weighted by Crippen LogP contribution is 2.31. The van der Waals surface area contributed by atoms with Gasteiger partial charge in [-0.25, -0.2) is 0 Å². The maximum absolute atomic E-state index is 12.6. The average Bonchev–Trinajstić information content (AvgIpc) is 3.23. The van der Waals surface area contributed by atoms with Crippen molar-refractivity contribution in [3.63, 3.8) is 0 Å². The molecular formula is C23H28ClN3O. The second-order valence-electron chi connectivity index (χ2n) is 7.89. The molecule has 1 amide bonds. The van der Waals surface area contributed by atoms with Gasteiger partial charge in [-0.05, 0) is 80.2 Å². The molecule has 28 heavy (non-hydrogen) atoms. The molecule has 1 saturated heterocycles. The van der Waals surface area contributed by atoms with E-state index in [4.69, 9.17) is 11.6 Å². The lowest BCUT2D eigenvalue weighted by Gasteiger charge is -2.32. The summed E-state index contributed by atoms with van der Waals surface area (Å²) in [5.41, 5.74) is 4.74. The summed E-state index contributed by atoms with van der Waals surface area (Å²) in [6.45, 7) is 3.94. The highest BCUT2D eigenvalue weighted by molar-refractivity contribution is 6.30. The molecule has 2 aliphatic heterocycles. The molecule has 4 rings (SSSR count). The standard InChI is InChI=1S/C23H28ClN3O/c1-26-12-4-5-18-15-19(8-11-21(18)26)22(27-13-2-3-14-27)16-25-23(28)17-6-9-20(24)10-7-17/h6-11,15,22H,2-5,12-14,16H2,1H3,(H,25,28). The van der Waals surface area contributed by atoms with Crippen LogP contribution in [0.5, 0.6) is 0 Å². The first kappa shape index (κ1) is 19.3. The lowest BCUT2D eigenvalue weighted by Crippen LogP contribution is -2.37. The molecule has 1 atom stereocenters. The number of amides is 1. The number of fused-ring (bicyclic) bond motifs is 1. The Balaban J connectivity index is 1.52. The molecule has 5 heteroatoms. The predicted molar refractivity (Wildman–Crippen MR) is 115 cm³/mol. The Hall–Kier alpha value is -2.04. The van der Waals surface area contributed by atoms with Crippen LogP contribution < -0.4 is 10.2 Å². The fourth-order valence-corrected chi connectivity index (χ4v) is 4.54. The van der Waals surface area contributed by atoms with Crippen LogP contribution in [0.25, 0.3) is 0 Å². The van der Waals surface area contributed by atoms with Crippen molar-refractivity contribution in [2.24, 2.45) is 0 Å². The molecule has 0 radical (unpaired) electrons. The Morgan fingerprint density at radius 1 is 1.07 bits per heavy atom. The van der Waals surface area contributed by atoms with Crippen LogP contribution in [0.1, 0.15) is 46.8 Å². The Labute approximate surface area is 172 Å². The van der Waals surface area contributed by atoms with E-state index in [0.717, 1.165) is 26.1 Å². The number of carbonyl (C=O) groups is 1. The van der Waals surface area contributed by atoms with Crippen LogP contribution in [-0.2, 0) is 6.42 Å². The first-order valence-corrected chi connectivity index (χ1v) is 10.6. The number of rotatable bonds is 5. The third-order valence-corrected chi connectivity index (χ3v) is 6.23. The molecular weight excluding hydrogens is 370 g/mol. The van der Waals surface area contributed by atoms with Gasteiger partial charge < -0.3 is 10.2 Å². The summed E-state index contributed by atoms with van der Waals surface area (Å²) in [5.74, 6) is -0.0430. The van der Waals surface area contributed by atoms with Crippen molar-refractivity contribution in [3.05, 3.63) is 64.2 Å². The summed E-state index contributed by atoms with van der Waals surface area (Å²) in [6.07, 6.45) is 4.80. The van der Waals surface area contributed by atoms with Gasteiger partial charge in [-0.1, -0.05) is 23.7 Å². The maximum atomic E-state index is 12.6. The number of carbonyl (C=O) groups excluding carboxylic acids is 1. The predicted octanol–water partition coefficient (Wildman–Crippen LogP) is 4.29. The van der Waals surface area contributed by atoms with Crippen LogP contribution in [0.2, 0.25) is 5.02 Å². The van der Waals surface area contributed by atoms with E-state index < -0.39 is 0 Å². The van der Waals surface area contributed by atoms with Crippen LogP contribution in [0.4, 0.5) is 5.69 Å². The van der Waals surface area contributed by atoms with Crippen molar-refractivity contribution in [2.75, 3.05) is 38.1 Å². The molecule has 1 fully saturated rings. The van der Waals surface area contributed by atoms with Gasteiger partial charge in [0.2, 0.25) is 0 Å².